The molecule has 1 aromatic carbocycles. The van der Waals surface area contributed by atoms with E-state index in [9.17, 15) is 13.2 Å². The highest BCUT2D eigenvalue weighted by Crippen LogP contribution is 2.28. The first kappa shape index (κ1) is 13.9. The molecule has 0 unspecified atom stereocenters. The Balaban J connectivity index is 2.17. The van der Waals surface area contributed by atoms with Gasteiger partial charge >= 0.3 is 5.97 Å². The summed E-state index contributed by atoms with van der Waals surface area (Å²) in [7, 11) is -2.99. The first-order valence-corrected chi connectivity index (χ1v) is 8.06. The Morgan fingerprint density at radius 1 is 1.42 bits per heavy atom. The van der Waals surface area contributed by atoms with Gasteiger partial charge in [0.1, 0.15) is 0 Å². The van der Waals surface area contributed by atoms with E-state index in [1.807, 2.05) is 11.0 Å². The third-order valence-corrected chi connectivity index (χ3v) is 5.12. The minimum atomic E-state index is -2.99. The summed E-state index contributed by atoms with van der Waals surface area (Å²) in [5, 5.41) is 8.99. The van der Waals surface area contributed by atoms with Crippen molar-refractivity contribution in [3.63, 3.8) is 0 Å². The van der Waals surface area contributed by atoms with Gasteiger partial charge in [-0.25, -0.2) is 13.2 Å². The second-order valence-corrected chi connectivity index (χ2v) is 7.09. The van der Waals surface area contributed by atoms with Crippen LogP contribution in [0.2, 0.25) is 0 Å². The summed E-state index contributed by atoms with van der Waals surface area (Å²) >= 11 is 0. The van der Waals surface area contributed by atoms with E-state index in [0.29, 0.717) is 6.54 Å². The van der Waals surface area contributed by atoms with Gasteiger partial charge in [0, 0.05) is 24.5 Å². The summed E-state index contributed by atoms with van der Waals surface area (Å²) in [4.78, 5) is 12.9. The van der Waals surface area contributed by atoms with Gasteiger partial charge in [0.2, 0.25) is 0 Å². The summed E-state index contributed by atoms with van der Waals surface area (Å²) in [5.74, 6) is -0.709. The molecule has 2 rings (SSSR count). The molecule has 104 valence electrons. The SMILES string of the molecule is CCS(=O)(=O)CCN1CCc2ccc(C(=O)O)cc21. The normalized spacial score (nSPS) is 14.5. The maximum Gasteiger partial charge on any atom is 0.335 e. The van der Waals surface area contributed by atoms with Crippen LogP contribution < -0.4 is 4.90 Å². The first-order valence-electron chi connectivity index (χ1n) is 6.24. The standard InChI is InChI=1S/C13H17NO4S/c1-2-19(17,18)8-7-14-6-5-10-3-4-11(13(15)16)9-12(10)14/h3-4,9H,2,5-8H2,1H3,(H,15,16). The Morgan fingerprint density at radius 3 is 2.79 bits per heavy atom. The van der Waals surface area contributed by atoms with Gasteiger partial charge in [-0.1, -0.05) is 13.0 Å². The van der Waals surface area contributed by atoms with E-state index < -0.39 is 15.8 Å². The molecule has 0 fully saturated rings. The zero-order chi connectivity index (χ0) is 14.0. The molecule has 1 aliphatic heterocycles. The number of hydrogen-bond donors (Lipinski definition) is 1. The fourth-order valence-electron chi connectivity index (χ4n) is 2.20. The van der Waals surface area contributed by atoms with Gasteiger partial charge in [-0.2, -0.15) is 0 Å². The summed E-state index contributed by atoms with van der Waals surface area (Å²) < 4.78 is 23.0. The Hall–Kier alpha value is -1.56. The topological polar surface area (TPSA) is 74.7 Å². The van der Waals surface area contributed by atoms with Crippen LogP contribution in [0.3, 0.4) is 0 Å². The lowest BCUT2D eigenvalue weighted by Crippen LogP contribution is -2.28. The fourth-order valence-corrected chi connectivity index (χ4v) is 2.99. The number of benzene rings is 1. The molecule has 6 heteroatoms. The Bertz CT molecular complexity index is 595. The van der Waals surface area contributed by atoms with Gasteiger partial charge in [-0.15, -0.1) is 0 Å². The average Bonchev–Trinajstić information content (AvgIpc) is 2.78. The lowest BCUT2D eigenvalue weighted by Gasteiger charge is -2.19. The molecule has 19 heavy (non-hydrogen) atoms. The highest BCUT2D eigenvalue weighted by molar-refractivity contribution is 7.91. The number of carboxylic acids is 1. The smallest absolute Gasteiger partial charge is 0.335 e. The number of anilines is 1. The highest BCUT2D eigenvalue weighted by Gasteiger charge is 2.21. The quantitative estimate of drug-likeness (QED) is 0.878. The maximum atomic E-state index is 11.5. The van der Waals surface area contributed by atoms with Gasteiger partial charge < -0.3 is 10.0 Å². The second kappa shape index (κ2) is 5.21. The van der Waals surface area contributed by atoms with Crippen molar-refractivity contribution in [2.24, 2.45) is 0 Å². The monoisotopic (exact) mass is 283 g/mol. The summed E-state index contributed by atoms with van der Waals surface area (Å²) in [5.41, 5.74) is 2.18. The summed E-state index contributed by atoms with van der Waals surface area (Å²) in [6, 6.07) is 5.03. The van der Waals surface area contributed by atoms with Crippen LogP contribution in [0.15, 0.2) is 18.2 Å². The van der Waals surface area contributed by atoms with Crippen LogP contribution in [-0.2, 0) is 16.3 Å². The van der Waals surface area contributed by atoms with Crippen LogP contribution in [0.5, 0.6) is 0 Å². The van der Waals surface area contributed by atoms with Crippen LogP contribution in [0.4, 0.5) is 5.69 Å². The van der Waals surface area contributed by atoms with E-state index in [1.54, 1.807) is 19.1 Å². The summed E-state index contributed by atoms with van der Waals surface area (Å²) in [6.45, 7) is 2.81. The zero-order valence-electron chi connectivity index (χ0n) is 10.8. The van der Waals surface area contributed by atoms with Crippen molar-refractivity contribution in [1.82, 2.24) is 0 Å². The zero-order valence-corrected chi connectivity index (χ0v) is 11.6. The molecule has 0 atom stereocenters. The van der Waals surface area contributed by atoms with Gasteiger partial charge in [0.15, 0.2) is 9.84 Å². The number of carbonyl (C=O) groups is 1. The van der Waals surface area contributed by atoms with Crippen molar-refractivity contribution < 1.29 is 18.3 Å². The number of rotatable bonds is 5. The number of nitrogens with zero attached hydrogens (tertiary/aromatic N) is 1. The van der Waals surface area contributed by atoms with Crippen molar-refractivity contribution in [3.8, 4) is 0 Å². The van der Waals surface area contributed by atoms with Gasteiger partial charge in [-0.3, -0.25) is 0 Å². The highest BCUT2D eigenvalue weighted by atomic mass is 32.2. The predicted octanol–water partition coefficient (Wildman–Crippen LogP) is 1.18. The number of aromatic carboxylic acids is 1. The van der Waals surface area contributed by atoms with Crippen molar-refractivity contribution in [1.29, 1.82) is 0 Å². The van der Waals surface area contributed by atoms with Gasteiger partial charge in [0.25, 0.3) is 0 Å². The molecule has 0 spiro atoms. The maximum absolute atomic E-state index is 11.5. The molecule has 0 saturated heterocycles. The molecule has 1 aromatic rings. The van der Waals surface area contributed by atoms with Crippen LogP contribution >= 0.6 is 0 Å². The number of carboxylic acid groups (broad SMARTS) is 1. The van der Waals surface area contributed by atoms with E-state index in [2.05, 4.69) is 0 Å². The van der Waals surface area contributed by atoms with E-state index in [4.69, 9.17) is 5.11 Å². The number of sulfone groups is 1. The van der Waals surface area contributed by atoms with E-state index in [1.165, 1.54) is 0 Å². The first-order chi connectivity index (χ1) is 8.93. The minimum absolute atomic E-state index is 0.111. The molecule has 5 nitrogen and oxygen atoms in total. The minimum Gasteiger partial charge on any atom is -0.478 e. The van der Waals surface area contributed by atoms with E-state index in [-0.39, 0.29) is 17.1 Å². The van der Waals surface area contributed by atoms with E-state index >= 15 is 0 Å². The molecule has 1 N–H and O–H groups in total. The van der Waals surface area contributed by atoms with Crippen molar-refractivity contribution >= 4 is 21.5 Å². The lowest BCUT2D eigenvalue weighted by atomic mass is 10.1. The predicted molar refractivity (Wildman–Crippen MR) is 73.6 cm³/mol. The third kappa shape index (κ3) is 3.07. The van der Waals surface area contributed by atoms with Crippen molar-refractivity contribution in [3.05, 3.63) is 29.3 Å². The molecule has 0 aliphatic carbocycles. The van der Waals surface area contributed by atoms with Crippen LogP contribution in [-0.4, -0.2) is 44.1 Å². The summed E-state index contributed by atoms with van der Waals surface area (Å²) in [6.07, 6.45) is 0.835. The van der Waals surface area contributed by atoms with Gasteiger partial charge in [-0.05, 0) is 24.1 Å². The molecule has 0 aromatic heterocycles. The molecular weight excluding hydrogens is 266 g/mol. The molecule has 0 radical (unpaired) electrons. The van der Waals surface area contributed by atoms with E-state index in [0.717, 1.165) is 24.2 Å². The second-order valence-electron chi connectivity index (χ2n) is 4.62. The Kier molecular flexibility index (Phi) is 3.80. The fraction of sp³-hybridized carbons (Fsp3) is 0.462. The largest absolute Gasteiger partial charge is 0.478 e. The Morgan fingerprint density at radius 2 is 2.16 bits per heavy atom. The van der Waals surface area contributed by atoms with Crippen LogP contribution in [0.25, 0.3) is 0 Å². The van der Waals surface area contributed by atoms with Crippen molar-refractivity contribution in [2.75, 3.05) is 29.5 Å². The molecule has 0 amide bonds. The number of fused-ring (bicyclic) bond motifs is 1. The number of hydrogen-bond acceptors (Lipinski definition) is 4. The molecule has 0 saturated carbocycles. The Labute approximate surface area is 112 Å². The van der Waals surface area contributed by atoms with Crippen LogP contribution in [0, 0.1) is 0 Å². The average molecular weight is 283 g/mol. The van der Waals surface area contributed by atoms with Crippen molar-refractivity contribution in [2.45, 2.75) is 13.3 Å². The molecular formula is C13H17NO4S. The third-order valence-electron chi connectivity index (χ3n) is 3.44. The molecule has 1 heterocycles. The molecule has 1 aliphatic rings. The lowest BCUT2D eigenvalue weighted by molar-refractivity contribution is 0.0697. The molecule has 0 bridgehead atoms. The van der Waals surface area contributed by atoms with Gasteiger partial charge in [0.05, 0.1) is 11.3 Å². The van der Waals surface area contributed by atoms with Crippen LogP contribution in [0.1, 0.15) is 22.8 Å².